The molecule has 1 saturated heterocycles. The van der Waals surface area contributed by atoms with E-state index in [1.54, 1.807) is 19.1 Å². The van der Waals surface area contributed by atoms with Crippen molar-refractivity contribution in [1.29, 1.82) is 0 Å². The molecule has 2 fully saturated rings. The van der Waals surface area contributed by atoms with Crippen LogP contribution in [-0.4, -0.2) is 49.1 Å². The molecule has 7 nitrogen and oxygen atoms in total. The summed E-state index contributed by atoms with van der Waals surface area (Å²) in [5.41, 5.74) is 3.40. The minimum Gasteiger partial charge on any atom is -0.493 e. The lowest BCUT2D eigenvalue weighted by molar-refractivity contribution is -0.132. The average molecular weight is 551 g/mol. The first-order valence-corrected chi connectivity index (χ1v) is 14.9. The highest BCUT2D eigenvalue weighted by Crippen LogP contribution is 2.43. The van der Waals surface area contributed by atoms with Gasteiger partial charge in [-0.1, -0.05) is 37.0 Å². The number of benzene rings is 2. The summed E-state index contributed by atoms with van der Waals surface area (Å²) in [4.78, 5) is 25.9. The molecule has 1 N–H and O–H groups in total. The predicted octanol–water partition coefficient (Wildman–Crippen LogP) is 6.84. The zero-order valence-electron chi connectivity index (χ0n) is 24.7. The number of hydrogen-bond donors (Lipinski definition) is 1. The van der Waals surface area contributed by atoms with Crippen molar-refractivity contribution in [3.05, 3.63) is 47.5 Å². The molecule has 40 heavy (non-hydrogen) atoms. The molecule has 4 rings (SSSR count). The Kier molecular flexibility index (Phi) is 10.5. The molecule has 0 aromatic heterocycles. The molecule has 2 aromatic rings. The molecule has 2 aromatic carbocycles. The van der Waals surface area contributed by atoms with Crippen LogP contribution < -0.4 is 19.5 Å². The van der Waals surface area contributed by atoms with Gasteiger partial charge in [-0.2, -0.15) is 0 Å². The first kappa shape index (κ1) is 29.9. The fourth-order valence-electron chi connectivity index (χ4n) is 6.14. The number of nitrogens with one attached hydrogen (secondary N) is 1. The first-order chi connectivity index (χ1) is 19.2. The van der Waals surface area contributed by atoms with Crippen molar-refractivity contribution in [2.75, 3.05) is 31.6 Å². The molecule has 2 aliphatic rings. The third-order valence-electron chi connectivity index (χ3n) is 8.58. The minimum atomic E-state index is -0.426. The highest BCUT2D eigenvalue weighted by Gasteiger charge is 2.33. The van der Waals surface area contributed by atoms with Crippen molar-refractivity contribution in [2.45, 2.75) is 91.5 Å². The quantitative estimate of drug-likeness (QED) is 0.242. The van der Waals surface area contributed by atoms with Crippen LogP contribution in [0.25, 0.3) is 0 Å². The fourth-order valence-corrected chi connectivity index (χ4v) is 6.14. The second-order valence-corrected chi connectivity index (χ2v) is 11.8. The molecule has 0 spiro atoms. The SMILES string of the molecule is CC(=O)Oc1cc(OCCC2(CCN3CCC(Nc4ccc(C)cc4)CC3)CCCCC2)cc(OC(C)=O)c1C. The number of ether oxygens (including phenoxy) is 3. The largest absolute Gasteiger partial charge is 0.493 e. The van der Waals surface area contributed by atoms with Crippen LogP contribution in [0, 0.1) is 19.3 Å². The van der Waals surface area contributed by atoms with Crippen molar-refractivity contribution < 1.29 is 23.8 Å². The number of carbonyl (C=O) groups excluding carboxylic acids is 2. The molecular formula is C33H46N2O5. The van der Waals surface area contributed by atoms with Crippen molar-refractivity contribution in [1.82, 2.24) is 4.90 Å². The summed E-state index contributed by atoms with van der Waals surface area (Å²) in [7, 11) is 0. The van der Waals surface area contributed by atoms with E-state index in [1.807, 2.05) is 0 Å². The molecular weight excluding hydrogens is 504 g/mol. The molecule has 0 atom stereocenters. The molecule has 1 saturated carbocycles. The standard InChI is InChI=1S/C33H46N2O5/c1-24-8-10-28(11-9-24)34-29-12-18-35(19-13-29)20-16-33(14-6-5-7-15-33)17-21-38-30-22-31(39-26(3)36)25(2)32(23-30)40-27(4)37/h8-11,22-23,29,34H,5-7,12-21H2,1-4H3. The molecule has 0 radical (unpaired) electrons. The lowest BCUT2D eigenvalue weighted by Gasteiger charge is -2.40. The number of esters is 2. The minimum absolute atomic E-state index is 0.289. The maximum absolute atomic E-state index is 11.6. The van der Waals surface area contributed by atoms with Gasteiger partial charge in [-0.05, 0) is 76.5 Å². The molecule has 1 aliphatic carbocycles. The highest BCUT2D eigenvalue weighted by atomic mass is 16.5. The number of carbonyl (C=O) groups is 2. The first-order valence-electron chi connectivity index (χ1n) is 14.9. The molecule has 0 amide bonds. The Balaban J connectivity index is 1.30. The van der Waals surface area contributed by atoms with Crippen molar-refractivity contribution in [2.24, 2.45) is 5.41 Å². The van der Waals surface area contributed by atoms with E-state index >= 15 is 0 Å². The third kappa shape index (κ3) is 8.72. The van der Waals surface area contributed by atoms with Crippen LogP contribution in [-0.2, 0) is 9.59 Å². The summed E-state index contributed by atoms with van der Waals surface area (Å²) < 4.78 is 16.9. The van der Waals surface area contributed by atoms with Gasteiger partial charge < -0.3 is 24.4 Å². The topological polar surface area (TPSA) is 77.1 Å². The zero-order valence-corrected chi connectivity index (χ0v) is 24.7. The smallest absolute Gasteiger partial charge is 0.308 e. The molecule has 218 valence electrons. The molecule has 0 bridgehead atoms. The monoisotopic (exact) mass is 550 g/mol. The third-order valence-corrected chi connectivity index (χ3v) is 8.58. The Morgan fingerprint density at radius 2 is 1.50 bits per heavy atom. The summed E-state index contributed by atoms with van der Waals surface area (Å²) >= 11 is 0. The van der Waals surface area contributed by atoms with Crippen LogP contribution in [0.15, 0.2) is 36.4 Å². The van der Waals surface area contributed by atoms with Gasteiger partial charge in [0.15, 0.2) is 0 Å². The van der Waals surface area contributed by atoms with E-state index in [1.165, 1.54) is 76.5 Å². The summed E-state index contributed by atoms with van der Waals surface area (Å²) in [5, 5.41) is 3.72. The summed E-state index contributed by atoms with van der Waals surface area (Å²) in [5.74, 6) is 0.408. The number of hydrogen-bond acceptors (Lipinski definition) is 7. The van der Waals surface area contributed by atoms with Gasteiger partial charge in [0.1, 0.15) is 17.2 Å². The fraction of sp³-hybridized carbons (Fsp3) is 0.576. The van der Waals surface area contributed by atoms with Crippen LogP contribution in [0.3, 0.4) is 0 Å². The number of nitrogens with zero attached hydrogens (tertiary/aromatic N) is 1. The highest BCUT2D eigenvalue weighted by molar-refractivity contribution is 5.73. The summed E-state index contributed by atoms with van der Waals surface area (Å²) in [6, 6.07) is 12.7. The van der Waals surface area contributed by atoms with Gasteiger partial charge in [-0.3, -0.25) is 9.59 Å². The summed E-state index contributed by atoms with van der Waals surface area (Å²) in [6.45, 7) is 10.6. The Morgan fingerprint density at radius 1 is 0.900 bits per heavy atom. The zero-order chi connectivity index (χ0) is 28.5. The van der Waals surface area contributed by atoms with Gasteiger partial charge in [0.05, 0.1) is 6.61 Å². The van der Waals surface area contributed by atoms with Crippen LogP contribution in [0.2, 0.25) is 0 Å². The lowest BCUT2D eigenvalue weighted by atomic mass is 9.69. The Hall–Kier alpha value is -3.06. The average Bonchev–Trinajstić information content (AvgIpc) is 2.92. The van der Waals surface area contributed by atoms with E-state index < -0.39 is 11.9 Å². The normalized spacial score (nSPS) is 17.7. The van der Waals surface area contributed by atoms with Crippen molar-refractivity contribution in [3.63, 3.8) is 0 Å². The Morgan fingerprint density at radius 3 is 2.08 bits per heavy atom. The lowest BCUT2D eigenvalue weighted by Crippen LogP contribution is -2.41. The summed E-state index contributed by atoms with van der Waals surface area (Å²) in [6.07, 6.45) is 10.9. The van der Waals surface area contributed by atoms with Gasteiger partial charge in [0.2, 0.25) is 0 Å². The van der Waals surface area contributed by atoms with Crippen molar-refractivity contribution >= 4 is 17.6 Å². The molecule has 0 unspecified atom stereocenters. The Bertz CT molecular complexity index is 1100. The van der Waals surface area contributed by atoms with Gasteiger partial charge in [-0.15, -0.1) is 0 Å². The number of likely N-dealkylation sites (tertiary alicyclic amines) is 1. The number of rotatable bonds is 11. The van der Waals surface area contributed by atoms with E-state index in [2.05, 4.69) is 41.4 Å². The van der Waals surface area contributed by atoms with Crippen LogP contribution in [0.4, 0.5) is 5.69 Å². The second kappa shape index (κ2) is 14.0. The van der Waals surface area contributed by atoms with E-state index in [0.29, 0.717) is 35.5 Å². The second-order valence-electron chi connectivity index (χ2n) is 11.8. The van der Waals surface area contributed by atoms with Crippen LogP contribution in [0.5, 0.6) is 17.2 Å². The number of anilines is 1. The molecule has 7 heteroatoms. The van der Waals surface area contributed by atoms with Gasteiger partial charge in [0.25, 0.3) is 0 Å². The maximum atomic E-state index is 11.6. The number of piperidine rings is 1. The molecule has 1 heterocycles. The van der Waals surface area contributed by atoms with Crippen LogP contribution in [0.1, 0.15) is 82.8 Å². The Labute approximate surface area is 239 Å². The van der Waals surface area contributed by atoms with Crippen LogP contribution >= 0.6 is 0 Å². The van der Waals surface area contributed by atoms with E-state index in [4.69, 9.17) is 14.2 Å². The molecule has 1 aliphatic heterocycles. The van der Waals surface area contributed by atoms with E-state index in [0.717, 1.165) is 26.1 Å². The van der Waals surface area contributed by atoms with Gasteiger partial charge >= 0.3 is 11.9 Å². The van der Waals surface area contributed by atoms with E-state index in [-0.39, 0.29) is 5.41 Å². The number of aryl methyl sites for hydroxylation is 1. The van der Waals surface area contributed by atoms with Gasteiger partial charge in [0, 0.05) is 56.4 Å². The maximum Gasteiger partial charge on any atom is 0.308 e. The van der Waals surface area contributed by atoms with E-state index in [9.17, 15) is 9.59 Å². The van der Waals surface area contributed by atoms with Crippen molar-refractivity contribution in [3.8, 4) is 17.2 Å². The predicted molar refractivity (Wildman–Crippen MR) is 158 cm³/mol. The van der Waals surface area contributed by atoms with Gasteiger partial charge in [-0.25, -0.2) is 0 Å².